The Kier molecular flexibility index (Phi) is 4.13. The number of carbonyl (C=O) groups is 1. The predicted molar refractivity (Wildman–Crippen MR) is 84.9 cm³/mol. The number of anilines is 1. The molecule has 0 bridgehead atoms. The van der Waals surface area contributed by atoms with Crippen LogP contribution < -0.4 is 4.90 Å². The van der Waals surface area contributed by atoms with Gasteiger partial charge >= 0.3 is 0 Å². The fourth-order valence-corrected chi connectivity index (χ4v) is 2.77. The molecule has 0 unspecified atom stereocenters. The monoisotopic (exact) mass is 299 g/mol. The molecule has 1 aromatic heterocycles. The highest BCUT2D eigenvalue weighted by molar-refractivity contribution is 5.79. The zero-order valence-corrected chi connectivity index (χ0v) is 13.1. The molecule has 22 heavy (non-hydrogen) atoms. The summed E-state index contributed by atoms with van der Waals surface area (Å²) in [5.41, 5.74) is 2.29. The molecule has 0 saturated carbocycles. The topological polar surface area (TPSA) is 49.6 Å². The number of hydrogen-bond donors (Lipinski definition) is 0. The van der Waals surface area contributed by atoms with E-state index in [1.807, 2.05) is 49.1 Å². The Balaban J connectivity index is 1.57. The van der Waals surface area contributed by atoms with Crippen molar-refractivity contribution in [3.8, 4) is 0 Å². The van der Waals surface area contributed by atoms with Gasteiger partial charge in [-0.3, -0.25) is 4.79 Å². The third-order valence-corrected chi connectivity index (χ3v) is 4.17. The number of nitrogens with zero attached hydrogens (tertiary/aromatic N) is 3. The number of rotatable bonds is 3. The van der Waals surface area contributed by atoms with Crippen molar-refractivity contribution in [1.82, 2.24) is 10.1 Å². The largest absolute Gasteiger partial charge is 0.360 e. The fourth-order valence-electron chi connectivity index (χ4n) is 2.77. The number of carbonyl (C=O) groups excluding carboxylic acids is 1. The molecule has 1 fully saturated rings. The van der Waals surface area contributed by atoms with Crippen LogP contribution in [-0.2, 0) is 11.2 Å². The van der Waals surface area contributed by atoms with E-state index in [0.29, 0.717) is 6.42 Å². The number of hydrogen-bond acceptors (Lipinski definition) is 4. The molecule has 5 nitrogen and oxygen atoms in total. The standard InChI is InChI=1S/C17H21N3O2/c1-13-5-3-4-6-15(13)12-17(21)20-9-7-19(8-10-20)16-11-14(2)22-18-16/h3-6,11H,7-10,12H2,1-2H3. The average molecular weight is 299 g/mol. The molecular formula is C17H21N3O2. The summed E-state index contributed by atoms with van der Waals surface area (Å²) in [6.45, 7) is 7.00. The molecule has 0 spiro atoms. The highest BCUT2D eigenvalue weighted by Crippen LogP contribution is 2.17. The van der Waals surface area contributed by atoms with Crippen LogP contribution in [0, 0.1) is 13.8 Å². The van der Waals surface area contributed by atoms with Crippen LogP contribution >= 0.6 is 0 Å². The van der Waals surface area contributed by atoms with Gasteiger partial charge in [0.15, 0.2) is 5.82 Å². The molecule has 0 N–H and O–H groups in total. The maximum atomic E-state index is 12.4. The van der Waals surface area contributed by atoms with Gasteiger partial charge in [0.2, 0.25) is 5.91 Å². The molecule has 0 atom stereocenters. The first-order chi connectivity index (χ1) is 10.6. The lowest BCUT2D eigenvalue weighted by Gasteiger charge is -2.34. The minimum atomic E-state index is 0.199. The summed E-state index contributed by atoms with van der Waals surface area (Å²) in [4.78, 5) is 16.5. The van der Waals surface area contributed by atoms with E-state index < -0.39 is 0 Å². The van der Waals surface area contributed by atoms with Crippen molar-refractivity contribution in [2.45, 2.75) is 20.3 Å². The first kappa shape index (κ1) is 14.6. The molecule has 2 aromatic rings. The van der Waals surface area contributed by atoms with Crippen LogP contribution in [0.2, 0.25) is 0 Å². The van der Waals surface area contributed by atoms with Gasteiger partial charge in [-0.1, -0.05) is 29.4 Å². The molecule has 1 aromatic carbocycles. The van der Waals surface area contributed by atoms with Gasteiger partial charge in [0.05, 0.1) is 6.42 Å². The van der Waals surface area contributed by atoms with Crippen molar-refractivity contribution in [3.05, 3.63) is 47.2 Å². The third kappa shape index (κ3) is 3.13. The Morgan fingerprint density at radius 3 is 2.55 bits per heavy atom. The van der Waals surface area contributed by atoms with Crippen molar-refractivity contribution in [3.63, 3.8) is 0 Å². The van der Waals surface area contributed by atoms with Crippen LogP contribution in [0.4, 0.5) is 5.82 Å². The van der Waals surface area contributed by atoms with Gasteiger partial charge in [-0.25, -0.2) is 0 Å². The summed E-state index contributed by atoms with van der Waals surface area (Å²) in [5.74, 6) is 1.88. The van der Waals surface area contributed by atoms with Crippen LogP contribution in [-0.4, -0.2) is 42.1 Å². The van der Waals surface area contributed by atoms with E-state index in [2.05, 4.69) is 10.1 Å². The molecule has 1 saturated heterocycles. The highest BCUT2D eigenvalue weighted by Gasteiger charge is 2.23. The van der Waals surface area contributed by atoms with Crippen LogP contribution in [0.3, 0.4) is 0 Å². The second-order valence-corrected chi connectivity index (χ2v) is 5.77. The third-order valence-electron chi connectivity index (χ3n) is 4.17. The average Bonchev–Trinajstić information content (AvgIpc) is 2.96. The summed E-state index contributed by atoms with van der Waals surface area (Å²) in [6.07, 6.45) is 0.482. The van der Waals surface area contributed by atoms with Crippen molar-refractivity contribution in [2.24, 2.45) is 0 Å². The summed E-state index contributed by atoms with van der Waals surface area (Å²) in [6, 6.07) is 10.0. The van der Waals surface area contributed by atoms with Crippen molar-refractivity contribution in [2.75, 3.05) is 31.1 Å². The molecular weight excluding hydrogens is 278 g/mol. The maximum absolute atomic E-state index is 12.4. The molecule has 1 amide bonds. The minimum absolute atomic E-state index is 0.199. The van der Waals surface area contributed by atoms with Crippen molar-refractivity contribution in [1.29, 1.82) is 0 Å². The Morgan fingerprint density at radius 1 is 1.18 bits per heavy atom. The second-order valence-electron chi connectivity index (χ2n) is 5.77. The van der Waals surface area contributed by atoms with Crippen molar-refractivity contribution < 1.29 is 9.32 Å². The Bertz CT molecular complexity index is 657. The maximum Gasteiger partial charge on any atom is 0.227 e. The smallest absolute Gasteiger partial charge is 0.227 e. The molecule has 1 aliphatic rings. The molecule has 1 aliphatic heterocycles. The van der Waals surface area contributed by atoms with Crippen LogP contribution in [0.5, 0.6) is 0 Å². The number of benzene rings is 1. The first-order valence-electron chi connectivity index (χ1n) is 7.64. The van der Waals surface area contributed by atoms with Gasteiger partial charge in [-0.2, -0.15) is 0 Å². The summed E-state index contributed by atoms with van der Waals surface area (Å²) >= 11 is 0. The van der Waals surface area contributed by atoms with E-state index in [-0.39, 0.29) is 5.91 Å². The van der Waals surface area contributed by atoms with E-state index >= 15 is 0 Å². The molecule has 0 radical (unpaired) electrons. The van der Waals surface area contributed by atoms with Crippen LogP contribution in [0.25, 0.3) is 0 Å². The SMILES string of the molecule is Cc1cc(N2CCN(C(=O)Cc3ccccc3C)CC2)no1. The normalized spacial score (nSPS) is 15.2. The molecule has 116 valence electrons. The number of piperazine rings is 1. The van der Waals surface area contributed by atoms with E-state index in [1.165, 1.54) is 5.56 Å². The summed E-state index contributed by atoms with van der Waals surface area (Å²) in [7, 11) is 0. The van der Waals surface area contributed by atoms with Gasteiger partial charge in [0.25, 0.3) is 0 Å². The van der Waals surface area contributed by atoms with Crippen molar-refractivity contribution >= 4 is 11.7 Å². The molecule has 5 heteroatoms. The van der Waals surface area contributed by atoms with E-state index in [4.69, 9.17) is 4.52 Å². The van der Waals surface area contributed by atoms with Gasteiger partial charge in [0, 0.05) is 32.2 Å². The molecule has 2 heterocycles. The lowest BCUT2D eigenvalue weighted by Crippen LogP contribution is -2.49. The lowest BCUT2D eigenvalue weighted by molar-refractivity contribution is -0.130. The zero-order chi connectivity index (χ0) is 15.5. The van der Waals surface area contributed by atoms with Crippen LogP contribution in [0.1, 0.15) is 16.9 Å². The minimum Gasteiger partial charge on any atom is -0.360 e. The van der Waals surface area contributed by atoms with Gasteiger partial charge in [-0.05, 0) is 25.0 Å². The van der Waals surface area contributed by atoms with E-state index in [0.717, 1.165) is 43.3 Å². The highest BCUT2D eigenvalue weighted by atomic mass is 16.5. The summed E-state index contributed by atoms with van der Waals surface area (Å²) in [5, 5.41) is 4.04. The number of aromatic nitrogens is 1. The Labute approximate surface area is 130 Å². The zero-order valence-electron chi connectivity index (χ0n) is 13.1. The number of amides is 1. The van der Waals surface area contributed by atoms with E-state index in [1.54, 1.807) is 0 Å². The van der Waals surface area contributed by atoms with Gasteiger partial charge in [0.1, 0.15) is 5.76 Å². The quantitative estimate of drug-likeness (QED) is 0.871. The van der Waals surface area contributed by atoms with Gasteiger partial charge in [-0.15, -0.1) is 0 Å². The molecule has 3 rings (SSSR count). The number of aryl methyl sites for hydroxylation is 2. The van der Waals surface area contributed by atoms with Gasteiger partial charge < -0.3 is 14.3 Å². The van der Waals surface area contributed by atoms with Crippen LogP contribution in [0.15, 0.2) is 34.9 Å². The molecule has 0 aliphatic carbocycles. The first-order valence-corrected chi connectivity index (χ1v) is 7.64. The lowest BCUT2D eigenvalue weighted by atomic mass is 10.1. The second kappa shape index (κ2) is 6.22. The summed E-state index contributed by atoms with van der Waals surface area (Å²) < 4.78 is 5.11. The Hall–Kier alpha value is -2.30. The predicted octanol–water partition coefficient (Wildman–Crippen LogP) is 2.18. The van der Waals surface area contributed by atoms with E-state index in [9.17, 15) is 4.79 Å². The fraction of sp³-hybridized carbons (Fsp3) is 0.412. The Morgan fingerprint density at radius 2 is 1.91 bits per heavy atom.